The number of esters is 1. The fourth-order valence-corrected chi connectivity index (χ4v) is 2.37. The smallest absolute Gasteiger partial charge is 0.328 e. The molecule has 1 heterocycles. The summed E-state index contributed by atoms with van der Waals surface area (Å²) in [5.74, 6) is -0.0658. The summed E-state index contributed by atoms with van der Waals surface area (Å²) in [6, 6.07) is -0.397. The summed E-state index contributed by atoms with van der Waals surface area (Å²) >= 11 is 0. The standard InChI is InChI=1S/C13H24N2O3/c1-3-10(9-14)8-12(16)15-7-5-4-6-11(15)13(17)18-2/h10-11H,3-9,14H2,1-2H3. The van der Waals surface area contributed by atoms with Crippen LogP contribution in [0.25, 0.3) is 0 Å². The normalized spacial score (nSPS) is 21.5. The molecule has 18 heavy (non-hydrogen) atoms. The number of carbonyl (C=O) groups excluding carboxylic acids is 2. The topological polar surface area (TPSA) is 72.6 Å². The second-order valence-corrected chi connectivity index (χ2v) is 4.84. The van der Waals surface area contributed by atoms with Gasteiger partial charge in [0.15, 0.2) is 0 Å². The number of likely N-dealkylation sites (tertiary alicyclic amines) is 1. The summed E-state index contributed by atoms with van der Waals surface area (Å²) in [4.78, 5) is 25.6. The van der Waals surface area contributed by atoms with Gasteiger partial charge in [0.1, 0.15) is 6.04 Å². The average molecular weight is 256 g/mol. The monoisotopic (exact) mass is 256 g/mol. The third-order valence-electron chi connectivity index (χ3n) is 3.67. The first-order chi connectivity index (χ1) is 8.63. The molecule has 1 rings (SSSR count). The molecule has 0 radical (unpaired) electrons. The Hall–Kier alpha value is -1.10. The molecule has 5 nitrogen and oxygen atoms in total. The summed E-state index contributed by atoms with van der Waals surface area (Å²) in [5.41, 5.74) is 5.62. The lowest BCUT2D eigenvalue weighted by atomic mass is 9.98. The number of nitrogens with two attached hydrogens (primary N) is 1. The quantitative estimate of drug-likeness (QED) is 0.742. The van der Waals surface area contributed by atoms with E-state index in [4.69, 9.17) is 10.5 Å². The third-order valence-corrected chi connectivity index (χ3v) is 3.67. The van der Waals surface area contributed by atoms with Gasteiger partial charge in [0.25, 0.3) is 0 Å². The lowest BCUT2D eigenvalue weighted by Crippen LogP contribution is -2.49. The number of carbonyl (C=O) groups is 2. The maximum Gasteiger partial charge on any atom is 0.328 e. The highest BCUT2D eigenvalue weighted by Gasteiger charge is 2.33. The first kappa shape index (κ1) is 15.0. The van der Waals surface area contributed by atoms with Crippen LogP contribution < -0.4 is 5.73 Å². The number of hydrogen-bond acceptors (Lipinski definition) is 4. The van der Waals surface area contributed by atoms with E-state index in [0.29, 0.717) is 25.9 Å². The van der Waals surface area contributed by atoms with Crippen molar-refractivity contribution in [3.05, 3.63) is 0 Å². The Bertz CT molecular complexity index is 290. The van der Waals surface area contributed by atoms with E-state index in [1.807, 2.05) is 6.92 Å². The van der Waals surface area contributed by atoms with Gasteiger partial charge in [-0.15, -0.1) is 0 Å². The third kappa shape index (κ3) is 3.70. The van der Waals surface area contributed by atoms with E-state index < -0.39 is 6.04 Å². The van der Waals surface area contributed by atoms with E-state index in [0.717, 1.165) is 19.3 Å². The molecule has 0 aliphatic carbocycles. The Balaban J connectivity index is 2.65. The maximum absolute atomic E-state index is 12.2. The van der Waals surface area contributed by atoms with Gasteiger partial charge in [0.2, 0.25) is 5.91 Å². The van der Waals surface area contributed by atoms with Crippen molar-refractivity contribution < 1.29 is 14.3 Å². The van der Waals surface area contributed by atoms with Crippen molar-refractivity contribution in [2.24, 2.45) is 11.7 Å². The molecule has 1 aliphatic rings. The molecule has 0 saturated carbocycles. The van der Waals surface area contributed by atoms with Crippen LogP contribution in [0.4, 0.5) is 0 Å². The second kappa shape index (κ2) is 7.36. The van der Waals surface area contributed by atoms with E-state index in [9.17, 15) is 9.59 Å². The lowest BCUT2D eigenvalue weighted by Gasteiger charge is -2.34. The van der Waals surface area contributed by atoms with Crippen molar-refractivity contribution in [3.63, 3.8) is 0 Å². The molecule has 2 atom stereocenters. The fourth-order valence-electron chi connectivity index (χ4n) is 2.37. The zero-order valence-electron chi connectivity index (χ0n) is 11.4. The van der Waals surface area contributed by atoms with Crippen LogP contribution in [0.5, 0.6) is 0 Å². The minimum Gasteiger partial charge on any atom is -0.467 e. The Morgan fingerprint density at radius 3 is 2.72 bits per heavy atom. The van der Waals surface area contributed by atoms with E-state index >= 15 is 0 Å². The molecule has 1 fully saturated rings. The molecule has 0 bridgehead atoms. The number of hydrogen-bond donors (Lipinski definition) is 1. The first-order valence-electron chi connectivity index (χ1n) is 6.71. The first-order valence-corrected chi connectivity index (χ1v) is 6.71. The minimum absolute atomic E-state index is 0.0300. The predicted octanol–water partition coefficient (Wildman–Crippen LogP) is 0.915. The number of nitrogens with zero attached hydrogens (tertiary/aromatic N) is 1. The highest BCUT2D eigenvalue weighted by Crippen LogP contribution is 2.20. The van der Waals surface area contributed by atoms with E-state index in [2.05, 4.69) is 0 Å². The summed E-state index contributed by atoms with van der Waals surface area (Å²) in [5, 5.41) is 0. The van der Waals surface area contributed by atoms with Gasteiger partial charge in [0, 0.05) is 13.0 Å². The number of ether oxygens (including phenoxy) is 1. The Morgan fingerprint density at radius 2 is 2.17 bits per heavy atom. The molecule has 2 N–H and O–H groups in total. The van der Waals surface area contributed by atoms with Gasteiger partial charge >= 0.3 is 5.97 Å². The highest BCUT2D eigenvalue weighted by atomic mass is 16.5. The minimum atomic E-state index is -0.397. The number of methoxy groups -OCH3 is 1. The zero-order chi connectivity index (χ0) is 13.5. The van der Waals surface area contributed by atoms with Gasteiger partial charge < -0.3 is 15.4 Å². The van der Waals surface area contributed by atoms with Gasteiger partial charge in [-0.1, -0.05) is 13.3 Å². The molecule has 0 spiro atoms. The number of rotatable bonds is 5. The van der Waals surface area contributed by atoms with Crippen molar-refractivity contribution in [1.82, 2.24) is 4.90 Å². The number of piperidine rings is 1. The SMILES string of the molecule is CCC(CN)CC(=O)N1CCCCC1C(=O)OC. The van der Waals surface area contributed by atoms with Gasteiger partial charge in [-0.2, -0.15) is 0 Å². The molecular formula is C13H24N2O3. The highest BCUT2D eigenvalue weighted by molar-refractivity contribution is 5.84. The van der Waals surface area contributed by atoms with Crippen LogP contribution in [-0.2, 0) is 14.3 Å². The Kier molecular flexibility index (Phi) is 6.12. The van der Waals surface area contributed by atoms with E-state index in [-0.39, 0.29) is 17.8 Å². The molecule has 104 valence electrons. The largest absolute Gasteiger partial charge is 0.467 e. The maximum atomic E-state index is 12.2. The summed E-state index contributed by atoms with van der Waals surface area (Å²) in [6.07, 6.45) is 3.95. The fraction of sp³-hybridized carbons (Fsp3) is 0.846. The van der Waals surface area contributed by atoms with Crippen molar-refractivity contribution >= 4 is 11.9 Å². The molecule has 2 unspecified atom stereocenters. The van der Waals surface area contributed by atoms with Crippen LogP contribution in [0.15, 0.2) is 0 Å². The summed E-state index contributed by atoms with van der Waals surface area (Å²) in [6.45, 7) is 3.19. The molecule has 1 amide bonds. The summed E-state index contributed by atoms with van der Waals surface area (Å²) < 4.78 is 4.77. The Morgan fingerprint density at radius 1 is 1.44 bits per heavy atom. The van der Waals surface area contributed by atoms with E-state index in [1.165, 1.54) is 7.11 Å². The molecule has 0 aromatic rings. The van der Waals surface area contributed by atoms with Gasteiger partial charge in [0.05, 0.1) is 7.11 Å². The predicted molar refractivity (Wildman–Crippen MR) is 68.8 cm³/mol. The summed E-state index contributed by atoms with van der Waals surface area (Å²) in [7, 11) is 1.37. The van der Waals surface area contributed by atoms with Crippen molar-refractivity contribution in [2.45, 2.75) is 45.1 Å². The second-order valence-electron chi connectivity index (χ2n) is 4.84. The van der Waals surface area contributed by atoms with Crippen LogP contribution in [-0.4, -0.2) is 43.0 Å². The van der Waals surface area contributed by atoms with Gasteiger partial charge in [-0.25, -0.2) is 4.79 Å². The van der Waals surface area contributed by atoms with Crippen LogP contribution in [0, 0.1) is 5.92 Å². The average Bonchev–Trinajstić information content (AvgIpc) is 2.43. The van der Waals surface area contributed by atoms with Crippen LogP contribution in [0.3, 0.4) is 0 Å². The zero-order valence-corrected chi connectivity index (χ0v) is 11.4. The van der Waals surface area contributed by atoms with Gasteiger partial charge in [-0.3, -0.25) is 4.79 Å². The van der Waals surface area contributed by atoms with Crippen LogP contribution in [0.2, 0.25) is 0 Å². The molecular weight excluding hydrogens is 232 g/mol. The molecule has 5 heteroatoms. The lowest BCUT2D eigenvalue weighted by molar-refractivity contribution is -0.155. The molecule has 1 saturated heterocycles. The van der Waals surface area contributed by atoms with E-state index in [1.54, 1.807) is 4.90 Å². The van der Waals surface area contributed by atoms with Crippen molar-refractivity contribution in [2.75, 3.05) is 20.2 Å². The number of amides is 1. The van der Waals surface area contributed by atoms with Crippen LogP contribution >= 0.6 is 0 Å². The van der Waals surface area contributed by atoms with Crippen LogP contribution in [0.1, 0.15) is 39.0 Å². The van der Waals surface area contributed by atoms with Crippen molar-refractivity contribution in [3.8, 4) is 0 Å². The Labute approximate surface area is 109 Å². The molecule has 1 aliphatic heterocycles. The molecule has 0 aromatic carbocycles. The van der Waals surface area contributed by atoms with Gasteiger partial charge in [-0.05, 0) is 31.7 Å². The molecule has 0 aromatic heterocycles. The van der Waals surface area contributed by atoms with Crippen molar-refractivity contribution in [1.29, 1.82) is 0 Å².